The van der Waals surface area contributed by atoms with E-state index in [1.807, 2.05) is 41.3 Å². The average molecular weight is 388 g/mol. The third-order valence-electron chi connectivity index (χ3n) is 4.94. The van der Waals surface area contributed by atoms with Crippen molar-refractivity contribution in [3.8, 4) is 11.5 Å². The smallest absolute Gasteiger partial charge is 0.223 e. The van der Waals surface area contributed by atoms with Gasteiger partial charge in [0, 0.05) is 18.0 Å². The number of hydrogen-bond acceptors (Lipinski definition) is 3. The van der Waals surface area contributed by atoms with Gasteiger partial charge in [0.05, 0.1) is 20.3 Å². The molecule has 0 radical (unpaired) electrons. The Labute approximate surface area is 166 Å². The van der Waals surface area contributed by atoms with Crippen LogP contribution in [-0.2, 0) is 11.2 Å². The zero-order chi connectivity index (χ0) is 19.6. The third-order valence-corrected chi connectivity index (χ3v) is 5.18. The van der Waals surface area contributed by atoms with Gasteiger partial charge in [0.1, 0.15) is 0 Å². The van der Waals surface area contributed by atoms with Crippen molar-refractivity contribution in [2.24, 2.45) is 5.92 Å². The molecule has 5 heteroatoms. The third kappa shape index (κ3) is 4.06. The molecule has 0 N–H and O–H groups in total. The Balaban J connectivity index is 2.13. The molecule has 0 saturated carbocycles. The van der Waals surface area contributed by atoms with Crippen molar-refractivity contribution in [1.82, 2.24) is 4.90 Å². The van der Waals surface area contributed by atoms with Crippen LogP contribution >= 0.6 is 11.6 Å². The molecule has 1 amide bonds. The predicted octanol–water partition coefficient (Wildman–Crippen LogP) is 4.88. The minimum absolute atomic E-state index is 0.162. The van der Waals surface area contributed by atoms with Crippen LogP contribution < -0.4 is 9.47 Å². The van der Waals surface area contributed by atoms with Crippen LogP contribution in [0.4, 0.5) is 0 Å². The molecular formula is C22H26ClNO3. The lowest BCUT2D eigenvalue weighted by molar-refractivity contribution is -0.134. The van der Waals surface area contributed by atoms with Crippen LogP contribution in [0.2, 0.25) is 5.02 Å². The molecule has 4 nitrogen and oxygen atoms in total. The highest BCUT2D eigenvalue weighted by atomic mass is 35.5. The number of carbonyl (C=O) groups is 1. The Kier molecular flexibility index (Phi) is 5.95. The summed E-state index contributed by atoms with van der Waals surface area (Å²) in [5.74, 6) is 1.85. The number of carbonyl (C=O) groups excluding carboxylic acids is 1. The van der Waals surface area contributed by atoms with Gasteiger partial charge in [-0.15, -0.1) is 0 Å². The summed E-state index contributed by atoms with van der Waals surface area (Å²) in [6.45, 7) is 4.81. The fraction of sp³-hybridized carbons (Fsp3) is 0.409. The Morgan fingerprint density at radius 3 is 2.52 bits per heavy atom. The topological polar surface area (TPSA) is 38.8 Å². The summed E-state index contributed by atoms with van der Waals surface area (Å²) in [5, 5.41) is 0.663. The van der Waals surface area contributed by atoms with Crippen molar-refractivity contribution in [3.05, 3.63) is 58.1 Å². The van der Waals surface area contributed by atoms with Crippen molar-refractivity contribution in [2.75, 3.05) is 20.8 Å². The molecule has 2 aromatic rings. The van der Waals surface area contributed by atoms with Gasteiger partial charge in [-0.05, 0) is 53.3 Å². The maximum absolute atomic E-state index is 13.0. The molecule has 144 valence electrons. The first-order chi connectivity index (χ1) is 12.9. The van der Waals surface area contributed by atoms with Crippen molar-refractivity contribution < 1.29 is 14.3 Å². The Morgan fingerprint density at radius 2 is 1.89 bits per heavy atom. The van der Waals surface area contributed by atoms with Crippen LogP contribution in [0, 0.1) is 5.92 Å². The van der Waals surface area contributed by atoms with E-state index in [9.17, 15) is 4.79 Å². The van der Waals surface area contributed by atoms with Gasteiger partial charge in [0.25, 0.3) is 0 Å². The van der Waals surface area contributed by atoms with Crippen molar-refractivity contribution >= 4 is 17.5 Å². The van der Waals surface area contributed by atoms with Gasteiger partial charge in [-0.25, -0.2) is 0 Å². The predicted molar refractivity (Wildman–Crippen MR) is 108 cm³/mol. The van der Waals surface area contributed by atoms with Gasteiger partial charge >= 0.3 is 0 Å². The van der Waals surface area contributed by atoms with Crippen molar-refractivity contribution in [3.63, 3.8) is 0 Å². The van der Waals surface area contributed by atoms with Gasteiger partial charge in [-0.3, -0.25) is 4.79 Å². The van der Waals surface area contributed by atoms with Crippen molar-refractivity contribution in [1.29, 1.82) is 0 Å². The summed E-state index contributed by atoms with van der Waals surface area (Å²) in [6, 6.07) is 11.6. The Morgan fingerprint density at radius 1 is 1.19 bits per heavy atom. The number of amides is 1. The fourth-order valence-corrected chi connectivity index (χ4v) is 3.92. The van der Waals surface area contributed by atoms with Crippen LogP contribution in [0.25, 0.3) is 0 Å². The van der Waals surface area contributed by atoms with E-state index in [4.69, 9.17) is 21.1 Å². The first kappa shape index (κ1) is 19.6. The normalized spacial score (nSPS) is 16.2. The number of halogens is 1. The number of fused-ring (bicyclic) bond motifs is 1. The van der Waals surface area contributed by atoms with E-state index in [1.165, 1.54) is 5.56 Å². The second-order valence-corrected chi connectivity index (χ2v) is 7.74. The largest absolute Gasteiger partial charge is 0.493 e. The first-order valence-corrected chi connectivity index (χ1v) is 9.62. The molecule has 1 aliphatic rings. The van der Waals surface area contributed by atoms with Crippen LogP contribution in [-0.4, -0.2) is 31.6 Å². The Bertz CT molecular complexity index is 834. The van der Waals surface area contributed by atoms with E-state index >= 15 is 0 Å². The zero-order valence-corrected chi connectivity index (χ0v) is 17.0. The molecule has 3 rings (SSSR count). The number of benzene rings is 2. The summed E-state index contributed by atoms with van der Waals surface area (Å²) in [5.41, 5.74) is 3.25. The highest BCUT2D eigenvalue weighted by Gasteiger charge is 2.33. The summed E-state index contributed by atoms with van der Waals surface area (Å²) < 4.78 is 11.0. The molecular weight excluding hydrogens is 362 g/mol. The van der Waals surface area contributed by atoms with E-state index in [2.05, 4.69) is 13.8 Å². The van der Waals surface area contributed by atoms with E-state index in [-0.39, 0.29) is 11.9 Å². The second kappa shape index (κ2) is 8.22. The average Bonchev–Trinajstić information content (AvgIpc) is 2.65. The van der Waals surface area contributed by atoms with Gasteiger partial charge < -0.3 is 14.4 Å². The monoisotopic (exact) mass is 387 g/mol. The zero-order valence-electron chi connectivity index (χ0n) is 16.3. The van der Waals surface area contributed by atoms with Gasteiger partial charge in [-0.1, -0.05) is 37.6 Å². The number of nitrogens with zero attached hydrogens (tertiary/aromatic N) is 1. The van der Waals surface area contributed by atoms with E-state index in [0.717, 1.165) is 17.5 Å². The summed E-state index contributed by atoms with van der Waals surface area (Å²) in [4.78, 5) is 15.0. The molecule has 0 aliphatic carbocycles. The standard InChI is InChI=1S/C22H26ClNO3/c1-14(2)10-21(25)24-9-8-15-12-19(26-3)20(27-4)13-18(15)22(24)16-6-5-7-17(23)11-16/h5-7,11-14,22H,8-10H2,1-4H3/t22-/m0/s1. The molecule has 1 heterocycles. The van der Waals surface area contributed by atoms with E-state index < -0.39 is 0 Å². The SMILES string of the molecule is COc1cc2c(cc1OC)[C@H](c1cccc(Cl)c1)N(C(=O)CC(C)C)CC2. The first-order valence-electron chi connectivity index (χ1n) is 9.24. The lowest BCUT2D eigenvalue weighted by Gasteiger charge is -2.38. The van der Waals surface area contributed by atoms with E-state index in [0.29, 0.717) is 35.4 Å². The van der Waals surface area contributed by atoms with Gasteiger partial charge in [-0.2, -0.15) is 0 Å². The molecule has 27 heavy (non-hydrogen) atoms. The number of hydrogen-bond donors (Lipinski definition) is 0. The molecule has 0 unspecified atom stereocenters. The lowest BCUT2D eigenvalue weighted by atomic mass is 9.87. The summed E-state index contributed by atoms with van der Waals surface area (Å²) in [6.07, 6.45) is 1.32. The molecule has 1 atom stereocenters. The highest BCUT2D eigenvalue weighted by Crippen LogP contribution is 2.41. The van der Waals surface area contributed by atoms with Gasteiger partial charge in [0.15, 0.2) is 11.5 Å². The fourth-order valence-electron chi connectivity index (χ4n) is 3.72. The number of rotatable bonds is 5. The maximum Gasteiger partial charge on any atom is 0.223 e. The maximum atomic E-state index is 13.0. The summed E-state index contributed by atoms with van der Waals surface area (Å²) in [7, 11) is 3.27. The molecule has 0 bridgehead atoms. The molecule has 0 saturated heterocycles. The molecule has 0 fully saturated rings. The minimum atomic E-state index is -0.182. The quantitative estimate of drug-likeness (QED) is 0.734. The Hall–Kier alpha value is -2.20. The van der Waals surface area contributed by atoms with Crippen LogP contribution in [0.1, 0.15) is 43.0 Å². The minimum Gasteiger partial charge on any atom is -0.493 e. The van der Waals surface area contributed by atoms with E-state index in [1.54, 1.807) is 14.2 Å². The van der Waals surface area contributed by atoms with Crippen LogP contribution in [0.3, 0.4) is 0 Å². The second-order valence-electron chi connectivity index (χ2n) is 7.30. The number of ether oxygens (including phenoxy) is 2. The summed E-state index contributed by atoms with van der Waals surface area (Å²) >= 11 is 6.26. The molecule has 2 aromatic carbocycles. The van der Waals surface area contributed by atoms with Crippen molar-refractivity contribution in [2.45, 2.75) is 32.7 Å². The highest BCUT2D eigenvalue weighted by molar-refractivity contribution is 6.30. The van der Waals surface area contributed by atoms with Crippen LogP contribution in [0.15, 0.2) is 36.4 Å². The van der Waals surface area contributed by atoms with Crippen LogP contribution in [0.5, 0.6) is 11.5 Å². The lowest BCUT2D eigenvalue weighted by Crippen LogP contribution is -2.41. The molecule has 0 spiro atoms. The van der Waals surface area contributed by atoms with Gasteiger partial charge in [0.2, 0.25) is 5.91 Å². The molecule has 0 aromatic heterocycles. The molecule has 1 aliphatic heterocycles. The number of methoxy groups -OCH3 is 2.